The van der Waals surface area contributed by atoms with Gasteiger partial charge in [-0.25, -0.2) is 18.2 Å². The number of nitrogens with zero attached hydrogens (tertiary/aromatic N) is 2. The molecule has 0 aliphatic heterocycles. The Hall–Kier alpha value is -2.89. The molecule has 3 rings (SSSR count). The van der Waals surface area contributed by atoms with Crippen molar-refractivity contribution in [1.82, 2.24) is 9.78 Å². The summed E-state index contributed by atoms with van der Waals surface area (Å²) in [5, 5.41) is 11.7. The molecule has 0 aliphatic rings. The first kappa shape index (κ1) is 21.8. The number of rotatable bonds is 5. The van der Waals surface area contributed by atoms with Crippen molar-refractivity contribution < 1.29 is 26.4 Å². The first-order valence-corrected chi connectivity index (χ1v) is 10.2. The molecule has 0 aliphatic carbocycles. The maximum Gasteiger partial charge on any atom is 0.419 e. The van der Waals surface area contributed by atoms with Crippen molar-refractivity contribution in [3.63, 3.8) is 0 Å². The van der Waals surface area contributed by atoms with Crippen LogP contribution in [0, 0.1) is 0 Å². The molecule has 7 nitrogen and oxygen atoms in total. The number of anilines is 1. The fourth-order valence-corrected chi connectivity index (χ4v) is 3.60. The van der Waals surface area contributed by atoms with E-state index >= 15 is 0 Å². The highest BCUT2D eigenvalue weighted by molar-refractivity contribution is 7.89. The third-order valence-electron chi connectivity index (χ3n) is 3.96. The number of sulfonamides is 1. The number of benzene rings is 2. The Labute approximate surface area is 174 Å². The highest BCUT2D eigenvalue weighted by Gasteiger charge is 2.32. The zero-order valence-corrected chi connectivity index (χ0v) is 16.6. The van der Waals surface area contributed by atoms with E-state index in [1.54, 1.807) is 24.3 Å². The summed E-state index contributed by atoms with van der Waals surface area (Å²) in [6.07, 6.45) is -3.47. The van der Waals surface area contributed by atoms with Gasteiger partial charge in [0.1, 0.15) is 4.90 Å². The zero-order valence-electron chi connectivity index (χ0n) is 15.0. The van der Waals surface area contributed by atoms with Crippen LogP contribution in [0.15, 0.2) is 59.8 Å². The fourth-order valence-electron chi connectivity index (χ4n) is 2.65. The lowest BCUT2D eigenvalue weighted by atomic mass is 10.1. The number of alkyl halides is 3. The summed E-state index contributed by atoms with van der Waals surface area (Å²) in [4.78, 5) is 11.7. The third kappa shape index (κ3) is 5.17. The molecule has 1 aromatic heterocycles. The second kappa shape index (κ2) is 8.09. The molecule has 158 valence electrons. The minimum atomic E-state index is -4.64. The van der Waals surface area contributed by atoms with E-state index in [-0.39, 0.29) is 17.8 Å². The van der Waals surface area contributed by atoms with Gasteiger partial charge in [-0.2, -0.15) is 18.3 Å². The van der Waals surface area contributed by atoms with Crippen LogP contribution < -0.4 is 10.5 Å². The van der Waals surface area contributed by atoms with Gasteiger partial charge in [0, 0.05) is 16.9 Å². The summed E-state index contributed by atoms with van der Waals surface area (Å²) in [5.41, 5.74) is -0.514. The predicted molar refractivity (Wildman–Crippen MR) is 104 cm³/mol. The number of amides is 1. The van der Waals surface area contributed by atoms with E-state index in [9.17, 15) is 26.4 Å². The molecule has 0 saturated heterocycles. The molecule has 0 fully saturated rings. The van der Waals surface area contributed by atoms with E-state index in [1.165, 1.54) is 12.1 Å². The minimum Gasteiger partial charge on any atom is -0.326 e. The largest absolute Gasteiger partial charge is 0.419 e. The molecule has 0 unspecified atom stereocenters. The summed E-state index contributed by atoms with van der Waals surface area (Å²) >= 11 is 5.87. The molecule has 12 heteroatoms. The number of primary sulfonamides is 1. The van der Waals surface area contributed by atoms with E-state index in [0.717, 1.165) is 10.7 Å². The molecule has 3 N–H and O–H groups in total. The smallest absolute Gasteiger partial charge is 0.326 e. The molecule has 0 bridgehead atoms. The van der Waals surface area contributed by atoms with Crippen LogP contribution >= 0.6 is 11.6 Å². The first-order chi connectivity index (χ1) is 13.9. The lowest BCUT2D eigenvalue weighted by Crippen LogP contribution is -2.18. The third-order valence-corrected chi connectivity index (χ3v) is 5.14. The second-order valence-electron chi connectivity index (χ2n) is 6.25. The van der Waals surface area contributed by atoms with Crippen LogP contribution in [0.4, 0.5) is 18.9 Å². The Morgan fingerprint density at radius 2 is 1.93 bits per heavy atom. The van der Waals surface area contributed by atoms with Gasteiger partial charge in [-0.3, -0.25) is 4.79 Å². The highest BCUT2D eigenvalue weighted by atomic mass is 35.5. The van der Waals surface area contributed by atoms with Crippen LogP contribution in [-0.4, -0.2) is 24.1 Å². The van der Waals surface area contributed by atoms with Gasteiger partial charge >= 0.3 is 6.18 Å². The lowest BCUT2D eigenvalue weighted by molar-refractivity contribution is -0.137. The average molecular weight is 459 g/mol. The molecule has 0 atom stereocenters. The van der Waals surface area contributed by atoms with Crippen LogP contribution in [-0.2, 0) is 27.4 Å². The monoisotopic (exact) mass is 458 g/mol. The summed E-state index contributed by atoms with van der Waals surface area (Å²) in [6.45, 7) is 0. The molecule has 30 heavy (non-hydrogen) atoms. The number of carbonyl (C=O) groups excluding carboxylic acids is 1. The molecule has 0 spiro atoms. The van der Waals surface area contributed by atoms with E-state index < -0.39 is 32.6 Å². The van der Waals surface area contributed by atoms with Gasteiger partial charge in [-0.05, 0) is 35.9 Å². The maximum atomic E-state index is 12.8. The van der Waals surface area contributed by atoms with Crippen molar-refractivity contribution in [3.05, 3.63) is 71.0 Å². The Morgan fingerprint density at radius 1 is 1.20 bits per heavy atom. The predicted octanol–water partition coefficient (Wildman–Crippen LogP) is 3.37. The first-order valence-electron chi connectivity index (χ1n) is 8.27. The van der Waals surface area contributed by atoms with E-state index in [0.29, 0.717) is 23.0 Å². The summed E-state index contributed by atoms with van der Waals surface area (Å²) in [6, 6.07) is 10.2. The Kier molecular flexibility index (Phi) is 5.88. The molecule has 0 saturated carbocycles. The fraction of sp³-hybridized carbons (Fsp3) is 0.111. The van der Waals surface area contributed by atoms with Crippen LogP contribution in [0.2, 0.25) is 5.02 Å². The molecule has 1 heterocycles. The van der Waals surface area contributed by atoms with Gasteiger partial charge in [0.05, 0.1) is 23.9 Å². The molecular weight excluding hydrogens is 445 g/mol. The van der Waals surface area contributed by atoms with Gasteiger partial charge in [-0.15, -0.1) is 0 Å². The van der Waals surface area contributed by atoms with Gasteiger partial charge in [-0.1, -0.05) is 23.7 Å². The number of halogens is 4. The van der Waals surface area contributed by atoms with Crippen molar-refractivity contribution in [2.75, 3.05) is 5.32 Å². The molecule has 1 amide bonds. The standard InChI is InChI=1S/C18H14ClF3N4O3S/c19-13-3-1-2-11(6-13)7-17(27)25-14-4-5-15(16(8-14)30(23,28)29)26-10-12(9-24-26)18(20,21)22/h1-6,8-10H,7H2,(H,25,27)(H2,23,28,29). The molecule has 0 radical (unpaired) electrons. The summed E-state index contributed by atoms with van der Waals surface area (Å²) in [7, 11) is -4.34. The quantitative estimate of drug-likeness (QED) is 0.611. The Morgan fingerprint density at radius 3 is 2.53 bits per heavy atom. The topological polar surface area (TPSA) is 107 Å². The van der Waals surface area contributed by atoms with Gasteiger partial charge < -0.3 is 5.32 Å². The second-order valence-corrected chi connectivity index (χ2v) is 8.22. The van der Waals surface area contributed by atoms with E-state index in [1.807, 2.05) is 0 Å². The van der Waals surface area contributed by atoms with E-state index in [4.69, 9.17) is 16.7 Å². The lowest BCUT2D eigenvalue weighted by Gasteiger charge is -2.12. The van der Waals surface area contributed by atoms with Crippen molar-refractivity contribution in [3.8, 4) is 5.69 Å². The number of hydrogen-bond donors (Lipinski definition) is 2. The maximum absolute atomic E-state index is 12.8. The average Bonchev–Trinajstić information content (AvgIpc) is 3.11. The van der Waals surface area contributed by atoms with E-state index in [2.05, 4.69) is 10.4 Å². The summed E-state index contributed by atoms with van der Waals surface area (Å²) < 4.78 is 63.2. The van der Waals surface area contributed by atoms with Crippen molar-refractivity contribution in [1.29, 1.82) is 0 Å². The normalized spacial score (nSPS) is 12.0. The van der Waals surface area contributed by atoms with Crippen LogP contribution in [0.25, 0.3) is 5.69 Å². The van der Waals surface area contributed by atoms with Crippen LogP contribution in [0.3, 0.4) is 0 Å². The number of aromatic nitrogens is 2. The molecular formula is C18H14ClF3N4O3S. The number of hydrogen-bond acceptors (Lipinski definition) is 4. The van der Waals surface area contributed by atoms with Gasteiger partial charge in [0.15, 0.2) is 0 Å². The summed E-state index contributed by atoms with van der Waals surface area (Å²) in [5.74, 6) is -0.455. The highest BCUT2D eigenvalue weighted by Crippen LogP contribution is 2.30. The Balaban J connectivity index is 1.90. The minimum absolute atomic E-state index is 0.0267. The van der Waals surface area contributed by atoms with Gasteiger partial charge in [0.25, 0.3) is 0 Å². The number of nitrogens with two attached hydrogens (primary N) is 1. The number of carbonyl (C=O) groups is 1. The molecule has 3 aromatic rings. The zero-order chi connectivity index (χ0) is 22.1. The Bertz CT molecular complexity index is 1210. The van der Waals surface area contributed by atoms with Crippen LogP contribution in [0.1, 0.15) is 11.1 Å². The SMILES string of the molecule is NS(=O)(=O)c1cc(NC(=O)Cc2cccc(Cl)c2)ccc1-n1cc(C(F)(F)F)cn1. The van der Waals surface area contributed by atoms with Crippen molar-refractivity contribution in [2.24, 2.45) is 5.14 Å². The number of nitrogens with one attached hydrogen (secondary N) is 1. The van der Waals surface area contributed by atoms with Crippen molar-refractivity contribution >= 4 is 33.2 Å². The van der Waals surface area contributed by atoms with Crippen LogP contribution in [0.5, 0.6) is 0 Å². The van der Waals surface area contributed by atoms with Gasteiger partial charge in [0.2, 0.25) is 15.9 Å². The molecule has 2 aromatic carbocycles. The van der Waals surface area contributed by atoms with Crippen molar-refractivity contribution in [2.45, 2.75) is 17.5 Å².